The van der Waals surface area contributed by atoms with Crippen LogP contribution in [0.5, 0.6) is 0 Å². The molecule has 1 rings (SSSR count). The molecule has 0 unspecified atom stereocenters. The molecule has 0 radical (unpaired) electrons. The molecule has 0 saturated heterocycles. The first-order chi connectivity index (χ1) is 7.63. The quantitative estimate of drug-likeness (QED) is 0.594. The van der Waals surface area contributed by atoms with Gasteiger partial charge in [-0.1, -0.05) is 5.92 Å². The fourth-order valence-corrected chi connectivity index (χ4v) is 1.03. The molecule has 0 aliphatic heterocycles. The molecule has 0 fully saturated rings. The van der Waals surface area contributed by atoms with Crippen molar-refractivity contribution in [3.8, 4) is 12.3 Å². The van der Waals surface area contributed by atoms with Crippen molar-refractivity contribution in [1.29, 1.82) is 0 Å². The lowest BCUT2D eigenvalue weighted by Gasteiger charge is -2.05. The predicted octanol–water partition coefficient (Wildman–Crippen LogP) is 1.13. The Morgan fingerprint density at radius 1 is 1.38 bits per heavy atom. The highest BCUT2D eigenvalue weighted by molar-refractivity contribution is 5.92. The van der Waals surface area contributed by atoms with E-state index in [1.54, 1.807) is 0 Å². The summed E-state index contributed by atoms with van der Waals surface area (Å²) < 4.78 is 25.3. The van der Waals surface area contributed by atoms with Crippen molar-refractivity contribution in [2.75, 3.05) is 18.4 Å². The molecule has 2 N–H and O–H groups in total. The molecule has 16 heavy (non-hydrogen) atoms. The van der Waals surface area contributed by atoms with Crippen LogP contribution in [0.1, 0.15) is 0 Å². The molecule has 84 valence electrons. The molecule has 1 aromatic carbocycles. The van der Waals surface area contributed by atoms with Crippen molar-refractivity contribution >= 4 is 11.6 Å². The van der Waals surface area contributed by atoms with E-state index in [2.05, 4.69) is 16.6 Å². The van der Waals surface area contributed by atoms with Crippen LogP contribution in [-0.4, -0.2) is 19.0 Å². The number of hydrogen-bond donors (Lipinski definition) is 2. The van der Waals surface area contributed by atoms with Gasteiger partial charge in [0.2, 0.25) is 5.91 Å². The fraction of sp³-hybridized carbons (Fsp3) is 0.182. The van der Waals surface area contributed by atoms with Crippen LogP contribution in [0.2, 0.25) is 0 Å². The second kappa shape index (κ2) is 5.83. The summed E-state index contributed by atoms with van der Waals surface area (Å²) in [5.74, 6) is -0.0314. The van der Waals surface area contributed by atoms with Crippen LogP contribution in [0.3, 0.4) is 0 Å². The molecule has 1 aromatic rings. The minimum atomic E-state index is -1.01. The summed E-state index contributed by atoms with van der Waals surface area (Å²) in [5.41, 5.74) is 0.200. The summed E-state index contributed by atoms with van der Waals surface area (Å²) in [4.78, 5) is 11.2. The molecule has 0 aliphatic rings. The van der Waals surface area contributed by atoms with Crippen LogP contribution in [0.4, 0.5) is 14.5 Å². The minimum absolute atomic E-state index is 0.0171. The Balaban J connectivity index is 2.50. The highest BCUT2D eigenvalue weighted by Crippen LogP contribution is 2.12. The van der Waals surface area contributed by atoms with Gasteiger partial charge in [-0.15, -0.1) is 6.42 Å². The van der Waals surface area contributed by atoms with E-state index in [-0.39, 0.29) is 24.7 Å². The number of rotatable bonds is 4. The molecule has 0 aromatic heterocycles. The summed E-state index contributed by atoms with van der Waals surface area (Å²) >= 11 is 0. The van der Waals surface area contributed by atoms with E-state index < -0.39 is 11.6 Å². The summed E-state index contributed by atoms with van der Waals surface area (Å²) in [6.45, 7) is 0.286. The number of nitrogens with one attached hydrogen (secondary N) is 2. The van der Waals surface area contributed by atoms with E-state index in [1.807, 2.05) is 0 Å². The van der Waals surface area contributed by atoms with E-state index in [1.165, 1.54) is 6.07 Å². The number of halogens is 2. The average Bonchev–Trinajstić information content (AvgIpc) is 2.24. The first-order valence-electron chi connectivity index (χ1n) is 4.52. The molecular weight excluding hydrogens is 214 g/mol. The largest absolute Gasteiger partial charge is 0.325 e. The van der Waals surface area contributed by atoms with Crippen LogP contribution in [-0.2, 0) is 4.79 Å². The molecule has 0 saturated carbocycles. The Labute approximate surface area is 91.8 Å². The van der Waals surface area contributed by atoms with Crippen LogP contribution < -0.4 is 10.6 Å². The van der Waals surface area contributed by atoms with Gasteiger partial charge in [0.05, 0.1) is 13.1 Å². The number of anilines is 1. The van der Waals surface area contributed by atoms with E-state index in [0.717, 1.165) is 12.1 Å². The van der Waals surface area contributed by atoms with Crippen LogP contribution in [0.15, 0.2) is 18.2 Å². The summed E-state index contributed by atoms with van der Waals surface area (Å²) in [6, 6.07) is 3.13. The minimum Gasteiger partial charge on any atom is -0.325 e. The van der Waals surface area contributed by atoms with Gasteiger partial charge in [0.15, 0.2) is 11.6 Å². The maximum absolute atomic E-state index is 12.8. The molecule has 0 aliphatic carbocycles. The van der Waals surface area contributed by atoms with Gasteiger partial charge < -0.3 is 5.32 Å². The van der Waals surface area contributed by atoms with Crippen molar-refractivity contribution in [1.82, 2.24) is 5.32 Å². The maximum atomic E-state index is 12.8. The van der Waals surface area contributed by atoms with Gasteiger partial charge >= 0.3 is 0 Å². The Morgan fingerprint density at radius 2 is 2.12 bits per heavy atom. The zero-order chi connectivity index (χ0) is 12.0. The SMILES string of the molecule is C#CCNCC(=O)Nc1ccc(F)c(F)c1. The average molecular weight is 224 g/mol. The molecular formula is C11H10F2N2O. The van der Waals surface area contributed by atoms with Crippen molar-refractivity contribution in [3.63, 3.8) is 0 Å². The van der Waals surface area contributed by atoms with Gasteiger partial charge in [0, 0.05) is 11.8 Å². The fourth-order valence-electron chi connectivity index (χ4n) is 1.03. The first kappa shape index (κ1) is 12.1. The molecule has 0 spiro atoms. The van der Waals surface area contributed by atoms with Gasteiger partial charge in [-0.25, -0.2) is 8.78 Å². The third-order valence-electron chi connectivity index (χ3n) is 1.72. The van der Waals surface area contributed by atoms with Gasteiger partial charge in [-0.3, -0.25) is 10.1 Å². The normalized spacial score (nSPS) is 9.56. The second-order valence-corrected chi connectivity index (χ2v) is 2.98. The Hall–Kier alpha value is -1.93. The highest BCUT2D eigenvalue weighted by Gasteiger charge is 2.05. The summed E-state index contributed by atoms with van der Waals surface area (Å²) in [7, 11) is 0. The molecule has 0 atom stereocenters. The zero-order valence-corrected chi connectivity index (χ0v) is 8.39. The number of carbonyl (C=O) groups is 1. The number of hydrogen-bond acceptors (Lipinski definition) is 2. The topological polar surface area (TPSA) is 41.1 Å². The van der Waals surface area contributed by atoms with Crippen LogP contribution in [0, 0.1) is 24.0 Å². The van der Waals surface area contributed by atoms with Crippen LogP contribution in [0.25, 0.3) is 0 Å². The number of benzene rings is 1. The molecule has 0 bridgehead atoms. The third-order valence-corrected chi connectivity index (χ3v) is 1.72. The van der Waals surface area contributed by atoms with E-state index in [0.29, 0.717) is 0 Å². The highest BCUT2D eigenvalue weighted by atomic mass is 19.2. The monoisotopic (exact) mass is 224 g/mol. The van der Waals surface area contributed by atoms with Gasteiger partial charge in [0.25, 0.3) is 0 Å². The van der Waals surface area contributed by atoms with Crippen molar-refractivity contribution < 1.29 is 13.6 Å². The lowest BCUT2D eigenvalue weighted by molar-refractivity contribution is -0.115. The van der Waals surface area contributed by atoms with Gasteiger partial charge in [-0.2, -0.15) is 0 Å². The second-order valence-electron chi connectivity index (χ2n) is 2.98. The van der Waals surface area contributed by atoms with E-state index >= 15 is 0 Å². The lowest BCUT2D eigenvalue weighted by Crippen LogP contribution is -2.28. The number of amides is 1. The molecule has 1 amide bonds. The standard InChI is InChI=1S/C11H10F2N2O/c1-2-5-14-7-11(16)15-8-3-4-9(12)10(13)6-8/h1,3-4,6,14H,5,7H2,(H,15,16). The first-order valence-corrected chi connectivity index (χ1v) is 4.52. The van der Waals surface area contributed by atoms with E-state index in [9.17, 15) is 13.6 Å². The maximum Gasteiger partial charge on any atom is 0.238 e. The predicted molar refractivity (Wildman–Crippen MR) is 56.7 cm³/mol. The Kier molecular flexibility index (Phi) is 4.42. The lowest BCUT2D eigenvalue weighted by atomic mass is 10.3. The number of terminal acetylenes is 1. The Morgan fingerprint density at radius 3 is 2.75 bits per heavy atom. The van der Waals surface area contributed by atoms with Crippen LogP contribution >= 0.6 is 0 Å². The molecule has 5 heteroatoms. The Bertz CT molecular complexity index is 426. The third kappa shape index (κ3) is 3.67. The van der Waals surface area contributed by atoms with Gasteiger partial charge in [0.1, 0.15) is 0 Å². The summed E-state index contributed by atoms with van der Waals surface area (Å²) in [5, 5.41) is 5.06. The number of carbonyl (C=O) groups excluding carboxylic acids is 1. The molecule has 0 heterocycles. The summed E-state index contributed by atoms with van der Waals surface area (Å²) in [6.07, 6.45) is 4.97. The van der Waals surface area contributed by atoms with E-state index in [4.69, 9.17) is 6.42 Å². The zero-order valence-electron chi connectivity index (χ0n) is 8.39. The van der Waals surface area contributed by atoms with Gasteiger partial charge in [-0.05, 0) is 12.1 Å². The van der Waals surface area contributed by atoms with Crippen molar-refractivity contribution in [3.05, 3.63) is 29.8 Å². The molecule has 3 nitrogen and oxygen atoms in total. The van der Waals surface area contributed by atoms with Crippen molar-refractivity contribution in [2.45, 2.75) is 0 Å². The van der Waals surface area contributed by atoms with Crippen molar-refractivity contribution in [2.24, 2.45) is 0 Å². The smallest absolute Gasteiger partial charge is 0.238 e.